The van der Waals surface area contributed by atoms with E-state index in [2.05, 4.69) is 43.5 Å². The maximum atomic E-state index is 12.5. The summed E-state index contributed by atoms with van der Waals surface area (Å²) in [5.41, 5.74) is 0. The van der Waals surface area contributed by atoms with E-state index in [0.29, 0.717) is 12.8 Å². The number of nitrogens with one attached hydrogen (secondary N) is 1. The van der Waals surface area contributed by atoms with E-state index in [0.717, 1.165) is 38.5 Å². The average molecular weight is 846 g/mol. The molecule has 0 aromatic rings. The molecule has 4 N–H and O–H groups in total. The van der Waals surface area contributed by atoms with Crippen LogP contribution in [0.15, 0.2) is 24.3 Å². The summed E-state index contributed by atoms with van der Waals surface area (Å²) in [6, 6.07) is -0.823. The van der Waals surface area contributed by atoms with Crippen molar-refractivity contribution in [3.05, 3.63) is 24.3 Å². The first-order chi connectivity index (χ1) is 29.6. The lowest BCUT2D eigenvalue weighted by molar-refractivity contribution is -0.124. The summed E-state index contributed by atoms with van der Waals surface area (Å²) >= 11 is 0. The summed E-state index contributed by atoms with van der Waals surface area (Å²) in [5, 5.41) is 33.6. The Balaban J connectivity index is 3.50. The summed E-state index contributed by atoms with van der Waals surface area (Å²) in [7, 11) is 0. The summed E-state index contributed by atoms with van der Waals surface area (Å²) in [5.74, 6) is -0.150. The van der Waals surface area contributed by atoms with Crippen molar-refractivity contribution in [3.8, 4) is 0 Å². The highest BCUT2D eigenvalue weighted by Gasteiger charge is 2.26. The van der Waals surface area contributed by atoms with Crippen LogP contribution in [-0.2, 0) is 4.79 Å². The highest BCUT2D eigenvalue weighted by atomic mass is 16.3. The van der Waals surface area contributed by atoms with Crippen molar-refractivity contribution < 1.29 is 20.1 Å². The molecule has 0 radical (unpaired) electrons. The van der Waals surface area contributed by atoms with Crippen LogP contribution < -0.4 is 5.32 Å². The van der Waals surface area contributed by atoms with Gasteiger partial charge in [-0.3, -0.25) is 4.79 Å². The van der Waals surface area contributed by atoms with Gasteiger partial charge in [0.25, 0.3) is 0 Å². The van der Waals surface area contributed by atoms with Crippen LogP contribution in [0.25, 0.3) is 0 Å². The molecule has 0 aliphatic rings. The zero-order chi connectivity index (χ0) is 43.7. The van der Waals surface area contributed by atoms with Gasteiger partial charge >= 0.3 is 0 Å². The fraction of sp³-hybridized carbons (Fsp3) is 0.909. The van der Waals surface area contributed by atoms with Crippen LogP contribution in [-0.4, -0.2) is 46.1 Å². The zero-order valence-corrected chi connectivity index (χ0v) is 40.6. The van der Waals surface area contributed by atoms with Crippen molar-refractivity contribution in [1.82, 2.24) is 5.32 Å². The molecule has 0 saturated heterocycles. The Hall–Kier alpha value is -1.17. The second kappa shape index (κ2) is 50.5. The van der Waals surface area contributed by atoms with Crippen molar-refractivity contribution in [2.45, 2.75) is 315 Å². The maximum absolute atomic E-state index is 12.5. The number of aliphatic hydroxyl groups is 3. The number of aliphatic hydroxyl groups excluding tert-OH is 3. The quantitative estimate of drug-likeness (QED) is 0.0363. The molecule has 60 heavy (non-hydrogen) atoms. The molecule has 5 nitrogen and oxygen atoms in total. The molecule has 0 spiro atoms. The molecule has 0 fully saturated rings. The van der Waals surface area contributed by atoms with Gasteiger partial charge < -0.3 is 20.6 Å². The van der Waals surface area contributed by atoms with Crippen molar-refractivity contribution in [2.24, 2.45) is 0 Å². The van der Waals surface area contributed by atoms with Crippen LogP contribution in [0.1, 0.15) is 296 Å². The molecule has 3 unspecified atom stereocenters. The lowest BCUT2D eigenvalue weighted by Gasteiger charge is -2.26. The number of allylic oxidation sites excluding steroid dienone is 4. The fourth-order valence-electron chi connectivity index (χ4n) is 8.57. The van der Waals surface area contributed by atoms with E-state index in [1.807, 2.05) is 0 Å². The van der Waals surface area contributed by atoms with E-state index in [1.165, 1.54) is 231 Å². The normalized spacial score (nSPS) is 13.5. The van der Waals surface area contributed by atoms with Crippen LogP contribution in [0.3, 0.4) is 0 Å². The van der Waals surface area contributed by atoms with E-state index >= 15 is 0 Å². The lowest BCUT2D eigenvalue weighted by atomic mass is 10.0. The van der Waals surface area contributed by atoms with Gasteiger partial charge in [0.15, 0.2) is 0 Å². The molecule has 0 aromatic heterocycles. The third kappa shape index (κ3) is 44.9. The first-order valence-electron chi connectivity index (χ1n) is 27.1. The van der Waals surface area contributed by atoms with Crippen molar-refractivity contribution >= 4 is 5.91 Å². The Morgan fingerprint density at radius 3 is 0.967 bits per heavy atom. The zero-order valence-electron chi connectivity index (χ0n) is 40.6. The van der Waals surface area contributed by atoms with Gasteiger partial charge in [-0.25, -0.2) is 0 Å². The molecular formula is C55H107NO4. The molecule has 1 amide bonds. The lowest BCUT2D eigenvalue weighted by Crippen LogP contribution is -2.50. The van der Waals surface area contributed by atoms with Gasteiger partial charge in [0.05, 0.1) is 18.8 Å². The van der Waals surface area contributed by atoms with Crippen LogP contribution in [0.2, 0.25) is 0 Å². The number of unbranched alkanes of at least 4 members (excludes halogenated alkanes) is 38. The monoisotopic (exact) mass is 846 g/mol. The Labute approximate surface area is 375 Å². The van der Waals surface area contributed by atoms with Gasteiger partial charge in [-0.2, -0.15) is 0 Å². The average Bonchev–Trinajstić information content (AvgIpc) is 3.25. The Morgan fingerprint density at radius 1 is 0.400 bits per heavy atom. The van der Waals surface area contributed by atoms with Gasteiger partial charge in [-0.15, -0.1) is 0 Å². The molecule has 0 aliphatic heterocycles. The minimum Gasteiger partial charge on any atom is -0.394 e. The Morgan fingerprint density at radius 2 is 0.667 bits per heavy atom. The van der Waals surface area contributed by atoms with Crippen LogP contribution in [0.5, 0.6) is 0 Å². The molecule has 0 aliphatic carbocycles. The molecule has 0 rings (SSSR count). The second-order valence-electron chi connectivity index (χ2n) is 18.8. The number of hydrogen-bond acceptors (Lipinski definition) is 4. The fourth-order valence-corrected chi connectivity index (χ4v) is 8.57. The van der Waals surface area contributed by atoms with E-state index < -0.39 is 18.2 Å². The highest BCUT2D eigenvalue weighted by molar-refractivity contribution is 5.76. The topological polar surface area (TPSA) is 89.8 Å². The number of carbonyl (C=O) groups is 1. The summed E-state index contributed by atoms with van der Waals surface area (Å²) in [4.78, 5) is 12.5. The van der Waals surface area contributed by atoms with E-state index in [9.17, 15) is 20.1 Å². The predicted molar refractivity (Wildman–Crippen MR) is 264 cm³/mol. The third-order valence-electron chi connectivity index (χ3n) is 12.8. The largest absolute Gasteiger partial charge is 0.394 e. The van der Waals surface area contributed by atoms with Crippen LogP contribution in [0.4, 0.5) is 0 Å². The minimum atomic E-state index is -1.16. The molecule has 0 saturated carbocycles. The molecule has 0 heterocycles. The van der Waals surface area contributed by atoms with Crippen LogP contribution >= 0.6 is 0 Å². The van der Waals surface area contributed by atoms with Gasteiger partial charge in [0.2, 0.25) is 5.91 Å². The molecule has 356 valence electrons. The van der Waals surface area contributed by atoms with E-state index in [-0.39, 0.29) is 12.5 Å². The van der Waals surface area contributed by atoms with Gasteiger partial charge in [0, 0.05) is 6.42 Å². The summed E-state index contributed by atoms with van der Waals surface area (Å²) in [6.45, 7) is 4.19. The third-order valence-corrected chi connectivity index (χ3v) is 12.8. The number of amides is 1. The van der Waals surface area contributed by atoms with E-state index in [1.54, 1.807) is 0 Å². The van der Waals surface area contributed by atoms with Gasteiger partial charge in [-0.05, 0) is 64.2 Å². The molecular weight excluding hydrogens is 739 g/mol. The molecule has 0 aromatic carbocycles. The number of carbonyl (C=O) groups excluding carboxylic acids is 1. The summed E-state index contributed by atoms with van der Waals surface area (Å²) < 4.78 is 0. The Kier molecular flexibility index (Phi) is 49.5. The van der Waals surface area contributed by atoms with Crippen molar-refractivity contribution in [2.75, 3.05) is 6.61 Å². The predicted octanol–water partition coefficient (Wildman–Crippen LogP) is 16.5. The second-order valence-corrected chi connectivity index (χ2v) is 18.8. The number of hydrogen-bond donors (Lipinski definition) is 4. The maximum Gasteiger partial charge on any atom is 0.220 e. The van der Waals surface area contributed by atoms with Crippen LogP contribution in [0, 0.1) is 0 Å². The molecule has 0 bridgehead atoms. The first kappa shape index (κ1) is 58.8. The highest BCUT2D eigenvalue weighted by Crippen LogP contribution is 2.17. The van der Waals surface area contributed by atoms with Crippen molar-refractivity contribution in [3.63, 3.8) is 0 Å². The van der Waals surface area contributed by atoms with E-state index in [4.69, 9.17) is 0 Å². The van der Waals surface area contributed by atoms with Gasteiger partial charge in [0.1, 0.15) is 6.10 Å². The standard InChI is InChI=1S/C55H107NO4/c1-3-5-7-9-11-13-15-17-19-20-21-22-23-24-25-26-27-28-29-30-31-32-33-34-35-36-38-40-42-44-46-48-50-54(59)56-52(51-57)55(60)53(58)49-47-45-43-41-39-37-18-16-14-12-10-8-6-4-2/h24-25,41,43,52-53,55,57-58,60H,3-23,26-40,42,44-51H2,1-2H3,(H,56,59)/b25-24-,43-41+. The minimum absolute atomic E-state index is 0.150. The molecule has 5 heteroatoms. The van der Waals surface area contributed by atoms with Gasteiger partial charge in [-0.1, -0.05) is 250 Å². The molecule has 3 atom stereocenters. The summed E-state index contributed by atoms with van der Waals surface area (Å²) in [6.07, 6.45) is 63.4. The first-order valence-corrected chi connectivity index (χ1v) is 27.1. The SMILES string of the molecule is CCCCCCCCCCC/C=C/CCCC(O)C(O)C(CO)NC(=O)CCCCCCCCCCCCCCCCCC/C=C\CCCCCCCCCCCCCC. The van der Waals surface area contributed by atoms with Crippen molar-refractivity contribution in [1.29, 1.82) is 0 Å². The number of rotatable bonds is 50. The smallest absolute Gasteiger partial charge is 0.220 e. The Bertz CT molecular complexity index is 890.